The third-order valence-electron chi connectivity index (χ3n) is 7.75. The average Bonchev–Trinajstić information content (AvgIpc) is 3.69. The van der Waals surface area contributed by atoms with Crippen molar-refractivity contribution in [2.45, 2.75) is 0 Å². The number of aromatic amines is 2. The van der Waals surface area contributed by atoms with Crippen LogP contribution in [0.3, 0.4) is 0 Å². The van der Waals surface area contributed by atoms with E-state index in [1.54, 1.807) is 30.6 Å². The van der Waals surface area contributed by atoms with Crippen LogP contribution in [-0.2, 0) is 0 Å². The lowest BCUT2D eigenvalue weighted by Gasteiger charge is -2.13. The highest BCUT2D eigenvalue weighted by Gasteiger charge is 2.16. The molecule has 7 rings (SSSR count). The van der Waals surface area contributed by atoms with Gasteiger partial charge in [0.25, 0.3) is 5.91 Å². The summed E-state index contributed by atoms with van der Waals surface area (Å²) in [4.78, 5) is 27.5. The van der Waals surface area contributed by atoms with Crippen molar-refractivity contribution in [3.05, 3.63) is 115 Å². The van der Waals surface area contributed by atoms with E-state index < -0.39 is 0 Å². The van der Waals surface area contributed by atoms with Crippen molar-refractivity contribution < 1.29 is 9.18 Å². The Hall–Kier alpha value is -5.87. The lowest BCUT2D eigenvalue weighted by Crippen LogP contribution is -2.20. The van der Waals surface area contributed by atoms with E-state index in [-0.39, 0.29) is 11.7 Å². The summed E-state index contributed by atoms with van der Waals surface area (Å²) >= 11 is 0. The molecule has 3 aromatic carbocycles. The van der Waals surface area contributed by atoms with Crippen molar-refractivity contribution in [2.24, 2.45) is 0 Å². The molecule has 7 aromatic rings. The van der Waals surface area contributed by atoms with E-state index in [9.17, 15) is 9.18 Å². The van der Waals surface area contributed by atoms with Crippen molar-refractivity contribution in [3.8, 4) is 33.8 Å². The van der Waals surface area contributed by atoms with E-state index in [1.807, 2.05) is 80.8 Å². The average molecular weight is 611 g/mol. The molecular formula is C36H31FN8O. The molecule has 4 heterocycles. The minimum absolute atomic E-state index is 0.215. The molecule has 10 heteroatoms. The molecule has 46 heavy (non-hydrogen) atoms. The van der Waals surface area contributed by atoms with Gasteiger partial charge in [-0.3, -0.25) is 14.9 Å². The minimum Gasteiger partial charge on any atom is -0.384 e. The first kappa shape index (κ1) is 28.9. The molecule has 0 saturated heterocycles. The summed E-state index contributed by atoms with van der Waals surface area (Å²) < 4.78 is 14.7. The number of hydrogen-bond donors (Lipinski definition) is 4. The molecule has 4 aromatic heterocycles. The quantitative estimate of drug-likeness (QED) is 0.137. The number of pyridine rings is 2. The van der Waals surface area contributed by atoms with Crippen LogP contribution in [-0.4, -0.2) is 63.1 Å². The first-order valence-electron chi connectivity index (χ1n) is 14.9. The van der Waals surface area contributed by atoms with Crippen molar-refractivity contribution in [2.75, 3.05) is 37.8 Å². The fourth-order valence-electron chi connectivity index (χ4n) is 5.49. The second-order valence-corrected chi connectivity index (χ2v) is 11.4. The third-order valence-corrected chi connectivity index (χ3v) is 7.75. The number of nitrogens with zero attached hydrogens (tertiary/aromatic N) is 4. The van der Waals surface area contributed by atoms with Crippen molar-refractivity contribution >= 4 is 39.2 Å². The SMILES string of the molecule is CN(C)CCNc1cc(F)cc(-c2cccc3[nH]c(-c4n[nH]c5ccc(-c6cncc(NC(=O)c7ccccc7)c6)nc45)cc23)c1. The van der Waals surface area contributed by atoms with Crippen LogP contribution in [0, 0.1) is 5.82 Å². The molecule has 0 unspecified atom stereocenters. The normalized spacial score (nSPS) is 11.4. The van der Waals surface area contributed by atoms with Crippen LogP contribution in [0.15, 0.2) is 103 Å². The summed E-state index contributed by atoms with van der Waals surface area (Å²) in [6.07, 6.45) is 3.32. The number of benzene rings is 3. The lowest BCUT2D eigenvalue weighted by molar-refractivity contribution is 0.102. The van der Waals surface area contributed by atoms with Gasteiger partial charge in [0.2, 0.25) is 0 Å². The highest BCUT2D eigenvalue weighted by atomic mass is 19.1. The molecule has 0 radical (unpaired) electrons. The molecule has 0 saturated carbocycles. The van der Waals surface area contributed by atoms with Gasteiger partial charge in [0, 0.05) is 47.0 Å². The Morgan fingerprint density at radius 3 is 2.57 bits per heavy atom. The van der Waals surface area contributed by atoms with Crippen LogP contribution in [0.1, 0.15) is 10.4 Å². The summed E-state index contributed by atoms with van der Waals surface area (Å²) in [5, 5.41) is 14.9. The largest absolute Gasteiger partial charge is 0.384 e. The maximum absolute atomic E-state index is 14.7. The van der Waals surface area contributed by atoms with E-state index in [1.165, 1.54) is 6.07 Å². The van der Waals surface area contributed by atoms with Crippen LogP contribution in [0.5, 0.6) is 0 Å². The summed E-state index contributed by atoms with van der Waals surface area (Å²) in [7, 11) is 4.01. The van der Waals surface area contributed by atoms with Crippen molar-refractivity contribution in [1.82, 2.24) is 30.0 Å². The number of amides is 1. The zero-order valence-corrected chi connectivity index (χ0v) is 25.3. The molecule has 1 amide bonds. The van der Waals surface area contributed by atoms with Gasteiger partial charge in [-0.2, -0.15) is 5.10 Å². The lowest BCUT2D eigenvalue weighted by atomic mass is 10.0. The number of hydrogen-bond acceptors (Lipinski definition) is 6. The van der Waals surface area contributed by atoms with Gasteiger partial charge in [-0.1, -0.05) is 30.3 Å². The Bertz CT molecular complexity index is 2190. The summed E-state index contributed by atoms with van der Waals surface area (Å²) in [5.41, 5.74) is 8.78. The third kappa shape index (κ3) is 5.93. The van der Waals surface area contributed by atoms with Crippen molar-refractivity contribution in [3.63, 3.8) is 0 Å². The van der Waals surface area contributed by atoms with Crippen LogP contribution in [0.25, 0.3) is 55.7 Å². The number of halogens is 1. The molecule has 0 aliphatic heterocycles. The van der Waals surface area contributed by atoms with Gasteiger partial charge in [0.1, 0.15) is 17.0 Å². The molecule has 0 fully saturated rings. The number of H-pyrrole nitrogens is 2. The zero-order valence-electron chi connectivity index (χ0n) is 25.3. The Morgan fingerprint density at radius 2 is 1.72 bits per heavy atom. The first-order chi connectivity index (χ1) is 22.4. The minimum atomic E-state index is -0.300. The summed E-state index contributed by atoms with van der Waals surface area (Å²) in [6.45, 7) is 1.54. The summed E-state index contributed by atoms with van der Waals surface area (Å²) in [5.74, 6) is -0.515. The molecular weight excluding hydrogens is 579 g/mol. The monoisotopic (exact) mass is 610 g/mol. The highest BCUT2D eigenvalue weighted by molar-refractivity contribution is 6.04. The van der Waals surface area contributed by atoms with Crippen molar-refractivity contribution in [1.29, 1.82) is 0 Å². The van der Waals surface area contributed by atoms with Gasteiger partial charge in [-0.15, -0.1) is 0 Å². The van der Waals surface area contributed by atoms with E-state index in [4.69, 9.17) is 4.98 Å². The Balaban J connectivity index is 1.21. The van der Waals surface area contributed by atoms with E-state index in [0.29, 0.717) is 34.7 Å². The molecule has 0 bridgehead atoms. The van der Waals surface area contributed by atoms with E-state index >= 15 is 0 Å². The second kappa shape index (κ2) is 12.3. The van der Waals surface area contributed by atoms with E-state index in [2.05, 4.69) is 35.7 Å². The van der Waals surface area contributed by atoms with Crippen LogP contribution >= 0.6 is 0 Å². The van der Waals surface area contributed by atoms with Gasteiger partial charge in [-0.25, -0.2) is 9.37 Å². The Kier molecular flexibility index (Phi) is 7.69. The Labute approximate surface area is 264 Å². The number of fused-ring (bicyclic) bond motifs is 2. The molecule has 0 aliphatic rings. The van der Waals surface area contributed by atoms with Gasteiger partial charge in [0.05, 0.1) is 28.8 Å². The molecule has 4 N–H and O–H groups in total. The first-order valence-corrected chi connectivity index (χ1v) is 14.9. The number of nitrogens with one attached hydrogen (secondary N) is 4. The standard InChI is InChI=1S/C36H31FN8O/c1-45(2)14-13-39-26-16-23(15-25(37)18-26)28-9-6-10-31-29(28)19-33(41-31)35-34-32(43-44-35)12-11-30(42-34)24-17-27(21-38-20-24)40-36(46)22-7-4-3-5-8-22/h3-12,15-21,39,41H,13-14H2,1-2H3,(H,40,46)(H,43,44). The maximum Gasteiger partial charge on any atom is 0.255 e. The van der Waals surface area contributed by atoms with Gasteiger partial charge >= 0.3 is 0 Å². The predicted molar refractivity (Wildman–Crippen MR) is 181 cm³/mol. The number of likely N-dealkylation sites (N-methyl/N-ethyl adjacent to an activating group) is 1. The molecule has 228 valence electrons. The van der Waals surface area contributed by atoms with Crippen LogP contribution in [0.4, 0.5) is 15.8 Å². The second-order valence-electron chi connectivity index (χ2n) is 11.4. The number of carbonyl (C=O) groups is 1. The van der Waals surface area contributed by atoms with Crippen LogP contribution < -0.4 is 10.6 Å². The molecule has 9 nitrogen and oxygen atoms in total. The fourth-order valence-corrected chi connectivity index (χ4v) is 5.49. The number of carbonyl (C=O) groups excluding carboxylic acids is 1. The van der Waals surface area contributed by atoms with Gasteiger partial charge in [-0.05, 0) is 85.9 Å². The summed E-state index contributed by atoms with van der Waals surface area (Å²) in [6, 6.07) is 27.7. The molecule has 0 atom stereocenters. The predicted octanol–water partition coefficient (Wildman–Crippen LogP) is 7.20. The van der Waals surface area contributed by atoms with E-state index in [0.717, 1.165) is 51.0 Å². The smallest absolute Gasteiger partial charge is 0.255 e. The van der Waals surface area contributed by atoms with Gasteiger partial charge in [0.15, 0.2) is 0 Å². The fraction of sp³-hybridized carbons (Fsp3) is 0.111. The number of rotatable bonds is 9. The highest BCUT2D eigenvalue weighted by Crippen LogP contribution is 2.35. The maximum atomic E-state index is 14.7. The number of aromatic nitrogens is 5. The zero-order chi connectivity index (χ0) is 31.6. The van der Waals surface area contributed by atoms with Crippen LogP contribution in [0.2, 0.25) is 0 Å². The molecule has 0 aliphatic carbocycles. The number of anilines is 2. The topological polar surface area (TPSA) is 115 Å². The van der Waals surface area contributed by atoms with Gasteiger partial charge < -0.3 is 20.5 Å². The Morgan fingerprint density at radius 1 is 0.870 bits per heavy atom. The molecule has 0 spiro atoms.